The van der Waals surface area contributed by atoms with Gasteiger partial charge in [-0.2, -0.15) is 0 Å². The maximum absolute atomic E-state index is 12.4. The zero-order chi connectivity index (χ0) is 13.1. The first-order chi connectivity index (χ1) is 8.61. The Morgan fingerprint density at radius 2 is 1.89 bits per heavy atom. The van der Waals surface area contributed by atoms with Gasteiger partial charge in [0.05, 0.1) is 12.7 Å². The highest BCUT2D eigenvalue weighted by atomic mass is 79.9. The van der Waals surface area contributed by atoms with Crippen LogP contribution in [0, 0.1) is 6.92 Å². The van der Waals surface area contributed by atoms with E-state index in [1.54, 1.807) is 19.2 Å². The summed E-state index contributed by atoms with van der Waals surface area (Å²) in [7, 11) is 1.57. The number of ether oxygens (including phenoxy) is 1. The van der Waals surface area contributed by atoms with Crippen molar-refractivity contribution in [3.63, 3.8) is 0 Å². The third kappa shape index (κ3) is 2.62. The second-order valence-corrected chi connectivity index (χ2v) is 4.96. The van der Waals surface area contributed by atoms with E-state index in [1.807, 2.05) is 37.3 Å². The third-order valence-electron chi connectivity index (χ3n) is 2.66. The molecule has 0 saturated carbocycles. The molecule has 0 spiro atoms. The van der Waals surface area contributed by atoms with Crippen LogP contribution in [-0.2, 0) is 0 Å². The summed E-state index contributed by atoms with van der Waals surface area (Å²) in [4.78, 5) is 12.4. The van der Waals surface area contributed by atoms with Gasteiger partial charge in [-0.3, -0.25) is 4.79 Å². The van der Waals surface area contributed by atoms with Gasteiger partial charge in [0.25, 0.3) is 0 Å². The fraction of sp³-hybridized carbons (Fsp3) is 0.133. The molecule has 0 unspecified atom stereocenters. The average molecular weight is 305 g/mol. The molecule has 0 saturated heterocycles. The van der Waals surface area contributed by atoms with Crippen LogP contribution in [0.5, 0.6) is 5.75 Å². The van der Waals surface area contributed by atoms with Gasteiger partial charge in [-0.25, -0.2) is 0 Å². The Morgan fingerprint density at radius 3 is 2.56 bits per heavy atom. The topological polar surface area (TPSA) is 26.3 Å². The molecule has 92 valence electrons. The Bertz CT molecular complexity index is 571. The van der Waals surface area contributed by atoms with Gasteiger partial charge >= 0.3 is 0 Å². The minimum atomic E-state index is -0.0307. The predicted octanol–water partition coefficient (Wildman–Crippen LogP) is 4.00. The highest BCUT2D eigenvalue weighted by Gasteiger charge is 2.14. The highest BCUT2D eigenvalue weighted by Crippen LogP contribution is 2.23. The number of halogens is 1. The summed E-state index contributed by atoms with van der Waals surface area (Å²) in [6.45, 7) is 1.96. The standard InChI is InChI=1S/C15H13BrO2/c1-10-7-11(9-12(16)8-10)15(17)13-5-3-4-6-14(13)18-2/h3-9H,1-2H3. The summed E-state index contributed by atoms with van der Waals surface area (Å²) in [5.74, 6) is 0.567. The molecule has 3 heteroatoms. The molecule has 0 aliphatic heterocycles. The molecule has 0 amide bonds. The van der Waals surface area contributed by atoms with Crippen molar-refractivity contribution in [1.29, 1.82) is 0 Å². The number of methoxy groups -OCH3 is 1. The van der Waals surface area contributed by atoms with Crippen molar-refractivity contribution < 1.29 is 9.53 Å². The van der Waals surface area contributed by atoms with E-state index in [1.165, 1.54) is 0 Å². The normalized spacial score (nSPS) is 10.2. The van der Waals surface area contributed by atoms with Gasteiger partial charge in [0.15, 0.2) is 5.78 Å². The van der Waals surface area contributed by atoms with Gasteiger partial charge < -0.3 is 4.74 Å². The Labute approximate surface area is 115 Å². The van der Waals surface area contributed by atoms with Crippen molar-refractivity contribution in [1.82, 2.24) is 0 Å². The molecule has 0 aliphatic carbocycles. The second kappa shape index (κ2) is 5.36. The van der Waals surface area contributed by atoms with Gasteiger partial charge in [-0.05, 0) is 42.8 Å². The van der Waals surface area contributed by atoms with Gasteiger partial charge in [-0.15, -0.1) is 0 Å². The minimum absolute atomic E-state index is 0.0307. The molecule has 18 heavy (non-hydrogen) atoms. The third-order valence-corrected chi connectivity index (χ3v) is 3.11. The monoisotopic (exact) mass is 304 g/mol. The van der Waals surface area contributed by atoms with E-state index in [4.69, 9.17) is 4.74 Å². The molecule has 2 rings (SSSR count). The molecule has 0 bridgehead atoms. The van der Waals surface area contributed by atoms with Crippen molar-refractivity contribution in [2.24, 2.45) is 0 Å². The SMILES string of the molecule is COc1ccccc1C(=O)c1cc(C)cc(Br)c1. The molecular weight excluding hydrogens is 292 g/mol. The fourth-order valence-electron chi connectivity index (χ4n) is 1.86. The van der Waals surface area contributed by atoms with Crippen molar-refractivity contribution in [3.05, 3.63) is 63.6 Å². The van der Waals surface area contributed by atoms with E-state index in [0.29, 0.717) is 16.9 Å². The number of rotatable bonds is 3. The molecule has 2 nitrogen and oxygen atoms in total. The van der Waals surface area contributed by atoms with Crippen LogP contribution >= 0.6 is 15.9 Å². The molecule has 0 heterocycles. The number of hydrogen-bond acceptors (Lipinski definition) is 2. The van der Waals surface area contributed by atoms with E-state index >= 15 is 0 Å². The fourth-order valence-corrected chi connectivity index (χ4v) is 2.46. The van der Waals surface area contributed by atoms with E-state index in [-0.39, 0.29) is 5.78 Å². The maximum atomic E-state index is 12.4. The second-order valence-electron chi connectivity index (χ2n) is 4.05. The number of benzene rings is 2. The summed E-state index contributed by atoms with van der Waals surface area (Å²) in [5, 5.41) is 0. The van der Waals surface area contributed by atoms with Crippen molar-refractivity contribution in [3.8, 4) is 5.75 Å². The van der Waals surface area contributed by atoms with Crippen LogP contribution in [0.1, 0.15) is 21.5 Å². The first-order valence-electron chi connectivity index (χ1n) is 5.56. The van der Waals surface area contributed by atoms with Crippen molar-refractivity contribution in [2.45, 2.75) is 6.92 Å². The quantitative estimate of drug-likeness (QED) is 0.801. The molecule has 2 aromatic rings. The molecule has 0 N–H and O–H groups in total. The average Bonchev–Trinajstić information content (AvgIpc) is 2.36. The number of carbonyl (C=O) groups excluding carboxylic acids is 1. The molecule has 0 aromatic heterocycles. The smallest absolute Gasteiger partial charge is 0.196 e. The van der Waals surface area contributed by atoms with Crippen LogP contribution in [0.4, 0.5) is 0 Å². The summed E-state index contributed by atoms with van der Waals surface area (Å²) < 4.78 is 6.12. The molecule has 0 fully saturated rings. The van der Waals surface area contributed by atoms with Crippen LogP contribution in [-0.4, -0.2) is 12.9 Å². The Morgan fingerprint density at radius 1 is 1.17 bits per heavy atom. The lowest BCUT2D eigenvalue weighted by atomic mass is 10.0. The zero-order valence-electron chi connectivity index (χ0n) is 10.2. The molecule has 0 aliphatic rings. The van der Waals surface area contributed by atoms with Gasteiger partial charge in [0.1, 0.15) is 5.75 Å². The van der Waals surface area contributed by atoms with Crippen molar-refractivity contribution >= 4 is 21.7 Å². The lowest BCUT2D eigenvalue weighted by Gasteiger charge is -2.08. The van der Waals surface area contributed by atoms with E-state index in [9.17, 15) is 4.79 Å². The Balaban J connectivity index is 2.47. The lowest BCUT2D eigenvalue weighted by molar-refractivity contribution is 0.103. The first-order valence-corrected chi connectivity index (χ1v) is 6.36. The lowest BCUT2D eigenvalue weighted by Crippen LogP contribution is -2.04. The van der Waals surface area contributed by atoms with Crippen LogP contribution in [0.25, 0.3) is 0 Å². The van der Waals surface area contributed by atoms with Gasteiger partial charge in [0, 0.05) is 10.0 Å². The van der Waals surface area contributed by atoms with E-state index < -0.39 is 0 Å². The molecule has 2 aromatic carbocycles. The van der Waals surface area contributed by atoms with Crippen LogP contribution in [0.15, 0.2) is 46.9 Å². The largest absolute Gasteiger partial charge is 0.496 e. The minimum Gasteiger partial charge on any atom is -0.496 e. The van der Waals surface area contributed by atoms with E-state index in [0.717, 1.165) is 10.0 Å². The molecule has 0 radical (unpaired) electrons. The zero-order valence-corrected chi connectivity index (χ0v) is 11.8. The van der Waals surface area contributed by atoms with Gasteiger partial charge in [0.2, 0.25) is 0 Å². The van der Waals surface area contributed by atoms with Crippen LogP contribution in [0.3, 0.4) is 0 Å². The summed E-state index contributed by atoms with van der Waals surface area (Å²) >= 11 is 3.41. The maximum Gasteiger partial charge on any atom is 0.196 e. The van der Waals surface area contributed by atoms with Gasteiger partial charge in [-0.1, -0.05) is 28.1 Å². The summed E-state index contributed by atoms with van der Waals surface area (Å²) in [5.41, 5.74) is 2.28. The Hall–Kier alpha value is -1.61. The Kier molecular flexibility index (Phi) is 3.82. The van der Waals surface area contributed by atoms with Crippen molar-refractivity contribution in [2.75, 3.05) is 7.11 Å². The van der Waals surface area contributed by atoms with Crippen LogP contribution < -0.4 is 4.74 Å². The summed E-state index contributed by atoms with van der Waals surface area (Å²) in [6, 6.07) is 12.9. The van der Waals surface area contributed by atoms with Crippen LogP contribution in [0.2, 0.25) is 0 Å². The number of para-hydroxylation sites is 1. The number of carbonyl (C=O) groups is 1. The molecular formula is C15H13BrO2. The number of hydrogen-bond donors (Lipinski definition) is 0. The highest BCUT2D eigenvalue weighted by molar-refractivity contribution is 9.10. The molecule has 0 atom stereocenters. The first kappa shape index (κ1) is 12.8. The predicted molar refractivity (Wildman–Crippen MR) is 75.3 cm³/mol. The number of ketones is 1. The number of aryl methyl sites for hydroxylation is 1. The van der Waals surface area contributed by atoms with E-state index in [2.05, 4.69) is 15.9 Å². The summed E-state index contributed by atoms with van der Waals surface area (Å²) in [6.07, 6.45) is 0.